The number of thiophene rings is 1. The highest BCUT2D eigenvalue weighted by Crippen LogP contribution is 2.25. The predicted octanol–water partition coefficient (Wildman–Crippen LogP) is 4.63. The Hall–Kier alpha value is -1.71. The highest BCUT2D eigenvalue weighted by molar-refractivity contribution is 7.90. The minimum atomic E-state index is -3.86. The van der Waals surface area contributed by atoms with Crippen LogP contribution in [0.15, 0.2) is 75.8 Å². The number of nitrogens with zero attached hydrogens (tertiary/aromatic N) is 1. The van der Waals surface area contributed by atoms with Gasteiger partial charge in [-0.1, -0.05) is 29.8 Å². The average Bonchev–Trinajstić information content (AvgIpc) is 3.19. The van der Waals surface area contributed by atoms with Gasteiger partial charge in [-0.05, 0) is 66.8 Å². The van der Waals surface area contributed by atoms with E-state index in [0.717, 1.165) is 16.7 Å². The predicted molar refractivity (Wildman–Crippen MR) is 121 cm³/mol. The van der Waals surface area contributed by atoms with Crippen molar-refractivity contribution in [2.24, 2.45) is 0 Å². The number of hydrogen-bond donors (Lipinski definition) is 0. The smallest absolute Gasteiger partial charge is 0.224 e. The first kappa shape index (κ1) is 23.0. The second kappa shape index (κ2) is 9.20. The molecule has 1 atom stereocenters. The van der Waals surface area contributed by atoms with Crippen LogP contribution in [-0.4, -0.2) is 33.4 Å². The zero-order chi connectivity index (χ0) is 21.9. The van der Waals surface area contributed by atoms with Gasteiger partial charge in [-0.15, -0.1) is 11.3 Å². The summed E-state index contributed by atoms with van der Waals surface area (Å²) in [5.74, 6) is 0. The van der Waals surface area contributed by atoms with Crippen LogP contribution in [0, 0.1) is 0 Å². The molecule has 0 radical (unpaired) electrons. The number of benzene rings is 2. The van der Waals surface area contributed by atoms with Gasteiger partial charge in [0.05, 0.1) is 9.79 Å². The van der Waals surface area contributed by atoms with Crippen LogP contribution in [0.2, 0.25) is 5.02 Å². The maximum Gasteiger partial charge on any atom is 0.243 e. The molecule has 160 valence electrons. The van der Waals surface area contributed by atoms with Gasteiger partial charge < -0.3 is 0 Å². The molecule has 9 heteroatoms. The first-order valence-corrected chi connectivity index (χ1v) is 13.7. The number of rotatable bonds is 8. The molecule has 0 aliphatic rings. The Balaban J connectivity index is 1.97. The van der Waals surface area contributed by atoms with E-state index in [1.165, 1.54) is 28.6 Å². The Labute approximate surface area is 186 Å². The van der Waals surface area contributed by atoms with Crippen molar-refractivity contribution in [2.75, 3.05) is 6.26 Å². The molecule has 1 heterocycles. The van der Waals surface area contributed by atoms with Crippen molar-refractivity contribution in [2.45, 2.75) is 35.7 Å². The fraction of sp³-hybridized carbons (Fsp3) is 0.238. The summed E-state index contributed by atoms with van der Waals surface area (Å²) >= 11 is 7.55. The van der Waals surface area contributed by atoms with Crippen LogP contribution in [-0.2, 0) is 32.8 Å². The van der Waals surface area contributed by atoms with Crippen molar-refractivity contribution < 1.29 is 16.8 Å². The Kier molecular flexibility index (Phi) is 7.04. The third-order valence-corrected chi connectivity index (χ3v) is 8.93. The van der Waals surface area contributed by atoms with Gasteiger partial charge in [0.15, 0.2) is 9.84 Å². The zero-order valence-corrected chi connectivity index (χ0v) is 19.7. The van der Waals surface area contributed by atoms with E-state index in [-0.39, 0.29) is 22.4 Å². The van der Waals surface area contributed by atoms with Gasteiger partial charge in [0.2, 0.25) is 10.0 Å². The summed E-state index contributed by atoms with van der Waals surface area (Å²) in [6.07, 6.45) is 1.67. The molecule has 2 aromatic carbocycles. The third kappa shape index (κ3) is 5.50. The van der Waals surface area contributed by atoms with Crippen molar-refractivity contribution >= 4 is 42.8 Å². The lowest BCUT2D eigenvalue weighted by atomic mass is 10.1. The molecule has 1 aromatic heterocycles. The fourth-order valence-corrected chi connectivity index (χ4v) is 6.26. The third-order valence-electron chi connectivity index (χ3n) is 4.68. The summed E-state index contributed by atoms with van der Waals surface area (Å²) in [6, 6.07) is 16.0. The van der Waals surface area contributed by atoms with Crippen molar-refractivity contribution in [3.05, 3.63) is 81.5 Å². The zero-order valence-electron chi connectivity index (χ0n) is 16.5. The van der Waals surface area contributed by atoms with Crippen LogP contribution >= 0.6 is 22.9 Å². The summed E-state index contributed by atoms with van der Waals surface area (Å²) in [5, 5.41) is 2.54. The van der Waals surface area contributed by atoms with E-state index >= 15 is 0 Å². The summed E-state index contributed by atoms with van der Waals surface area (Å²) < 4.78 is 51.9. The molecule has 0 fully saturated rings. The molecule has 3 rings (SSSR count). The molecule has 0 aliphatic heterocycles. The lowest BCUT2D eigenvalue weighted by Crippen LogP contribution is -2.39. The quantitative estimate of drug-likeness (QED) is 0.468. The maximum absolute atomic E-state index is 13.5. The maximum atomic E-state index is 13.5. The average molecular weight is 484 g/mol. The van der Waals surface area contributed by atoms with Crippen molar-refractivity contribution in [3.8, 4) is 0 Å². The summed E-state index contributed by atoms with van der Waals surface area (Å²) in [5.41, 5.74) is 0.814. The number of hydrogen-bond acceptors (Lipinski definition) is 5. The van der Waals surface area contributed by atoms with Gasteiger partial charge in [-0.3, -0.25) is 0 Å². The Morgan fingerprint density at radius 1 is 0.933 bits per heavy atom. The summed E-state index contributed by atoms with van der Waals surface area (Å²) in [4.78, 5) is 1.23. The molecule has 5 nitrogen and oxygen atoms in total. The lowest BCUT2D eigenvalue weighted by Gasteiger charge is -2.28. The number of halogens is 1. The van der Waals surface area contributed by atoms with Gasteiger partial charge in [-0.25, -0.2) is 16.8 Å². The molecule has 3 aromatic rings. The standard InChI is InChI=1S/C21H22ClNO4S3/c1-16(14-19-4-3-13-28-19)23(15-17-5-7-18(22)8-6-17)30(26,27)21-11-9-20(10-12-21)29(2,24)25/h3-13,16H,14-15H2,1-2H3/t16-/m1/s1. The largest absolute Gasteiger partial charge is 0.243 e. The highest BCUT2D eigenvalue weighted by Gasteiger charge is 2.30. The van der Waals surface area contributed by atoms with Crippen LogP contribution in [0.4, 0.5) is 0 Å². The summed E-state index contributed by atoms with van der Waals surface area (Å²) in [6.45, 7) is 2.05. The molecule has 30 heavy (non-hydrogen) atoms. The van der Waals surface area contributed by atoms with E-state index in [4.69, 9.17) is 11.6 Å². The van der Waals surface area contributed by atoms with E-state index in [2.05, 4.69) is 0 Å². The van der Waals surface area contributed by atoms with Crippen LogP contribution < -0.4 is 0 Å². The molecule has 0 amide bonds. The molecule has 0 unspecified atom stereocenters. The van der Waals surface area contributed by atoms with Gasteiger partial charge >= 0.3 is 0 Å². The van der Waals surface area contributed by atoms with E-state index in [1.807, 2.05) is 24.4 Å². The molecular weight excluding hydrogens is 462 g/mol. The van der Waals surface area contributed by atoms with Crippen molar-refractivity contribution in [1.82, 2.24) is 4.31 Å². The van der Waals surface area contributed by atoms with E-state index < -0.39 is 19.9 Å². The number of sulfone groups is 1. The topological polar surface area (TPSA) is 71.5 Å². The Morgan fingerprint density at radius 2 is 1.53 bits per heavy atom. The van der Waals surface area contributed by atoms with Gasteiger partial charge in [0, 0.05) is 28.7 Å². The minimum Gasteiger partial charge on any atom is -0.224 e. The summed E-state index contributed by atoms with van der Waals surface area (Å²) in [7, 11) is -7.27. The van der Waals surface area contributed by atoms with Crippen LogP contribution in [0.1, 0.15) is 17.4 Å². The molecule has 0 spiro atoms. The van der Waals surface area contributed by atoms with Gasteiger partial charge in [-0.2, -0.15) is 4.31 Å². The monoisotopic (exact) mass is 483 g/mol. The van der Waals surface area contributed by atoms with Crippen molar-refractivity contribution in [3.63, 3.8) is 0 Å². The SMILES string of the molecule is C[C@H](Cc1cccs1)N(Cc1ccc(Cl)cc1)S(=O)(=O)c1ccc(S(C)(=O)=O)cc1. The van der Waals surface area contributed by atoms with E-state index in [0.29, 0.717) is 11.4 Å². The van der Waals surface area contributed by atoms with Crippen LogP contribution in [0.25, 0.3) is 0 Å². The number of sulfonamides is 1. The molecule has 0 saturated heterocycles. The highest BCUT2D eigenvalue weighted by atomic mass is 35.5. The second-order valence-electron chi connectivity index (χ2n) is 7.05. The first-order chi connectivity index (χ1) is 14.1. The molecule has 0 aliphatic carbocycles. The van der Waals surface area contributed by atoms with Crippen LogP contribution in [0.3, 0.4) is 0 Å². The minimum absolute atomic E-state index is 0.0573. The molecule has 0 saturated carbocycles. The Morgan fingerprint density at radius 3 is 2.07 bits per heavy atom. The fourth-order valence-electron chi connectivity index (χ4n) is 3.06. The van der Waals surface area contributed by atoms with Crippen LogP contribution in [0.5, 0.6) is 0 Å². The first-order valence-electron chi connectivity index (χ1n) is 9.16. The van der Waals surface area contributed by atoms with E-state index in [1.54, 1.807) is 35.6 Å². The van der Waals surface area contributed by atoms with Gasteiger partial charge in [0.1, 0.15) is 0 Å². The normalized spacial score (nSPS) is 13.5. The molecular formula is C21H22ClNO4S3. The van der Waals surface area contributed by atoms with Gasteiger partial charge in [0.25, 0.3) is 0 Å². The van der Waals surface area contributed by atoms with E-state index in [9.17, 15) is 16.8 Å². The molecule has 0 bridgehead atoms. The van der Waals surface area contributed by atoms with Crippen molar-refractivity contribution in [1.29, 1.82) is 0 Å². The molecule has 0 N–H and O–H groups in total. The lowest BCUT2D eigenvalue weighted by molar-refractivity contribution is 0.329. The second-order valence-corrected chi connectivity index (χ2v) is 12.4. The Bertz CT molecular complexity index is 1190.